The highest BCUT2D eigenvalue weighted by Gasteiger charge is 2.16. The van der Waals surface area contributed by atoms with E-state index in [-0.39, 0.29) is 23.5 Å². The normalized spacial score (nSPS) is 11.5. The highest BCUT2D eigenvalue weighted by atomic mass is 32.1. The Morgan fingerprint density at radius 1 is 1.00 bits per heavy atom. The summed E-state index contributed by atoms with van der Waals surface area (Å²) >= 11 is 1.12. The van der Waals surface area contributed by atoms with Crippen molar-refractivity contribution in [2.45, 2.75) is 13.5 Å². The number of ether oxygens (including phenoxy) is 2. The molecule has 162 valence electrons. The quantitative estimate of drug-likeness (QED) is 0.390. The van der Waals surface area contributed by atoms with Gasteiger partial charge in [0.05, 0.1) is 16.8 Å². The van der Waals surface area contributed by atoms with Gasteiger partial charge in [-0.15, -0.1) is 0 Å². The summed E-state index contributed by atoms with van der Waals surface area (Å²) < 4.78 is 27.2. The fourth-order valence-electron chi connectivity index (χ4n) is 3.12. The van der Waals surface area contributed by atoms with Gasteiger partial charge in [-0.1, -0.05) is 41.7 Å². The molecule has 0 aliphatic carbocycles. The van der Waals surface area contributed by atoms with Gasteiger partial charge in [-0.05, 0) is 49.4 Å². The molecule has 1 amide bonds. The number of carbonyl (C=O) groups excluding carboxylic acids is 2. The number of thiazole rings is 1. The van der Waals surface area contributed by atoms with Gasteiger partial charge in [0.1, 0.15) is 23.9 Å². The van der Waals surface area contributed by atoms with Gasteiger partial charge in [0.25, 0.3) is 5.91 Å². The van der Waals surface area contributed by atoms with Crippen LogP contribution in [0.3, 0.4) is 0 Å². The fraction of sp³-hybridized carbons (Fsp3) is 0.125. The van der Waals surface area contributed by atoms with Crippen molar-refractivity contribution in [3.63, 3.8) is 0 Å². The molecule has 0 unspecified atom stereocenters. The molecule has 1 heterocycles. The van der Waals surface area contributed by atoms with E-state index in [4.69, 9.17) is 9.47 Å². The lowest BCUT2D eigenvalue weighted by Crippen LogP contribution is -2.23. The Bertz CT molecular complexity index is 1350. The number of hydrogen-bond donors (Lipinski definition) is 0. The molecule has 0 bridgehead atoms. The van der Waals surface area contributed by atoms with E-state index in [0.29, 0.717) is 21.8 Å². The number of amides is 1. The number of esters is 1. The molecule has 6 nitrogen and oxygen atoms in total. The highest BCUT2D eigenvalue weighted by molar-refractivity contribution is 7.16. The lowest BCUT2D eigenvalue weighted by Gasteiger charge is -2.07. The van der Waals surface area contributed by atoms with Gasteiger partial charge < -0.3 is 14.0 Å². The Morgan fingerprint density at radius 3 is 2.53 bits per heavy atom. The molecular formula is C24H19FN2O4S. The molecule has 32 heavy (non-hydrogen) atoms. The molecule has 0 saturated carbocycles. The number of para-hydroxylation sites is 2. The Hall–Kier alpha value is -3.78. The van der Waals surface area contributed by atoms with E-state index in [2.05, 4.69) is 4.99 Å². The predicted molar refractivity (Wildman–Crippen MR) is 119 cm³/mol. The van der Waals surface area contributed by atoms with Gasteiger partial charge in [-0.25, -0.2) is 4.39 Å². The molecule has 0 aliphatic rings. The van der Waals surface area contributed by atoms with E-state index >= 15 is 0 Å². The molecule has 3 aromatic carbocycles. The molecule has 0 fully saturated rings. The largest absolute Gasteiger partial charge is 0.465 e. The lowest BCUT2D eigenvalue weighted by molar-refractivity contribution is -0.143. The molecule has 4 rings (SSSR count). The summed E-state index contributed by atoms with van der Waals surface area (Å²) in [4.78, 5) is 29.4. The topological polar surface area (TPSA) is 69.9 Å². The van der Waals surface area contributed by atoms with E-state index in [1.807, 2.05) is 30.3 Å². The fourth-order valence-corrected chi connectivity index (χ4v) is 4.17. The summed E-state index contributed by atoms with van der Waals surface area (Å²) in [6, 6.07) is 20.4. The standard InChI is InChI=1S/C24H19FN2O4S/c1-2-30-21(28)15-27-22-19(25)12-7-13-20(22)32-24(27)26-23(29)16-8-6-11-18(14-16)31-17-9-4-3-5-10-17/h3-14H,2,15H2,1H3. The molecule has 0 saturated heterocycles. The minimum Gasteiger partial charge on any atom is -0.465 e. The van der Waals surface area contributed by atoms with Crippen LogP contribution in [0.25, 0.3) is 10.2 Å². The number of carbonyl (C=O) groups is 2. The maximum atomic E-state index is 14.5. The molecule has 0 N–H and O–H groups in total. The Kier molecular flexibility index (Phi) is 6.42. The number of nitrogens with zero attached hydrogens (tertiary/aromatic N) is 2. The summed E-state index contributed by atoms with van der Waals surface area (Å²) in [7, 11) is 0. The predicted octanol–water partition coefficient (Wildman–Crippen LogP) is 4.94. The zero-order valence-corrected chi connectivity index (χ0v) is 18.0. The zero-order chi connectivity index (χ0) is 22.5. The van der Waals surface area contributed by atoms with Crippen LogP contribution in [-0.2, 0) is 16.1 Å². The second-order valence-corrected chi connectivity index (χ2v) is 7.73. The maximum absolute atomic E-state index is 14.5. The van der Waals surface area contributed by atoms with Gasteiger partial charge in [0, 0.05) is 5.56 Å². The second kappa shape index (κ2) is 9.57. The van der Waals surface area contributed by atoms with Crippen LogP contribution in [0.1, 0.15) is 17.3 Å². The van der Waals surface area contributed by atoms with E-state index in [1.165, 1.54) is 10.6 Å². The number of halogens is 1. The number of aromatic nitrogens is 1. The Morgan fingerprint density at radius 2 is 1.75 bits per heavy atom. The average Bonchev–Trinajstić information content (AvgIpc) is 3.12. The van der Waals surface area contributed by atoms with Crippen LogP contribution < -0.4 is 9.54 Å². The molecule has 8 heteroatoms. The monoisotopic (exact) mass is 450 g/mol. The van der Waals surface area contributed by atoms with Gasteiger partial charge >= 0.3 is 5.97 Å². The van der Waals surface area contributed by atoms with Crippen LogP contribution in [0.5, 0.6) is 11.5 Å². The Balaban J connectivity index is 1.71. The lowest BCUT2D eigenvalue weighted by atomic mass is 10.2. The molecule has 4 aromatic rings. The highest BCUT2D eigenvalue weighted by Crippen LogP contribution is 2.23. The molecule has 0 aliphatic heterocycles. The van der Waals surface area contributed by atoms with Crippen LogP contribution >= 0.6 is 11.3 Å². The Labute approximate surface area is 187 Å². The molecule has 0 radical (unpaired) electrons. The first-order valence-corrected chi connectivity index (χ1v) is 10.7. The molecule has 0 spiro atoms. The molecule has 1 aromatic heterocycles. The van der Waals surface area contributed by atoms with Crippen molar-refractivity contribution in [3.05, 3.63) is 89.0 Å². The number of rotatable bonds is 6. The van der Waals surface area contributed by atoms with Crippen molar-refractivity contribution in [1.29, 1.82) is 0 Å². The van der Waals surface area contributed by atoms with Crippen LogP contribution in [0.4, 0.5) is 4.39 Å². The first-order chi connectivity index (χ1) is 15.5. The van der Waals surface area contributed by atoms with Gasteiger partial charge in [0.2, 0.25) is 0 Å². The summed E-state index contributed by atoms with van der Waals surface area (Å²) in [6.07, 6.45) is 0. The number of benzene rings is 3. The SMILES string of the molecule is CCOC(=O)Cn1c(=NC(=O)c2cccc(Oc3ccccc3)c2)sc2cccc(F)c21. The third kappa shape index (κ3) is 4.76. The molecular weight excluding hydrogens is 431 g/mol. The van der Waals surface area contributed by atoms with Gasteiger partial charge in [-0.2, -0.15) is 4.99 Å². The van der Waals surface area contributed by atoms with Crippen molar-refractivity contribution in [2.24, 2.45) is 4.99 Å². The second-order valence-electron chi connectivity index (χ2n) is 6.72. The summed E-state index contributed by atoms with van der Waals surface area (Å²) in [5.74, 6) is -0.453. The van der Waals surface area contributed by atoms with Gasteiger partial charge in [-0.3, -0.25) is 9.59 Å². The third-order valence-corrected chi connectivity index (χ3v) is 5.55. The van der Waals surface area contributed by atoms with E-state index < -0.39 is 17.7 Å². The van der Waals surface area contributed by atoms with Crippen LogP contribution in [0.2, 0.25) is 0 Å². The van der Waals surface area contributed by atoms with E-state index in [9.17, 15) is 14.0 Å². The van der Waals surface area contributed by atoms with Crippen molar-refractivity contribution in [3.8, 4) is 11.5 Å². The van der Waals surface area contributed by atoms with Crippen molar-refractivity contribution < 1.29 is 23.5 Å². The van der Waals surface area contributed by atoms with E-state index in [0.717, 1.165) is 11.3 Å². The minimum atomic E-state index is -0.539. The van der Waals surface area contributed by atoms with Crippen LogP contribution in [0.15, 0.2) is 77.8 Å². The summed E-state index contributed by atoms with van der Waals surface area (Å²) in [6.45, 7) is 1.63. The van der Waals surface area contributed by atoms with Crippen molar-refractivity contribution in [2.75, 3.05) is 6.61 Å². The smallest absolute Gasteiger partial charge is 0.326 e. The number of fused-ring (bicyclic) bond motifs is 1. The minimum absolute atomic E-state index is 0.198. The maximum Gasteiger partial charge on any atom is 0.326 e. The average molecular weight is 450 g/mol. The van der Waals surface area contributed by atoms with Gasteiger partial charge in [0.15, 0.2) is 4.80 Å². The zero-order valence-electron chi connectivity index (χ0n) is 17.2. The number of hydrogen-bond acceptors (Lipinski definition) is 5. The van der Waals surface area contributed by atoms with Crippen LogP contribution in [-0.4, -0.2) is 23.1 Å². The van der Waals surface area contributed by atoms with Crippen LogP contribution in [0, 0.1) is 5.82 Å². The first-order valence-electron chi connectivity index (χ1n) is 9.90. The summed E-state index contributed by atoms with van der Waals surface area (Å²) in [5.41, 5.74) is 0.511. The molecule has 0 atom stereocenters. The van der Waals surface area contributed by atoms with E-state index in [1.54, 1.807) is 43.3 Å². The third-order valence-electron chi connectivity index (χ3n) is 4.50. The first kappa shape index (κ1) is 21.5. The van der Waals surface area contributed by atoms with Crippen molar-refractivity contribution >= 4 is 33.4 Å². The summed E-state index contributed by atoms with van der Waals surface area (Å²) in [5, 5.41) is 0. The van der Waals surface area contributed by atoms with Crippen molar-refractivity contribution in [1.82, 2.24) is 4.57 Å².